The molecule has 0 heterocycles. The Morgan fingerprint density at radius 3 is 2.17 bits per heavy atom. The molecular formula is C12H14O5S. The molecule has 0 bridgehead atoms. The van der Waals surface area contributed by atoms with E-state index in [2.05, 4.69) is 4.74 Å². The van der Waals surface area contributed by atoms with Crippen LogP contribution in [0.3, 0.4) is 0 Å². The highest BCUT2D eigenvalue weighted by molar-refractivity contribution is 7.92. The summed E-state index contributed by atoms with van der Waals surface area (Å²) < 4.78 is 28.2. The van der Waals surface area contributed by atoms with Crippen LogP contribution in [-0.2, 0) is 19.4 Å². The minimum Gasteiger partial charge on any atom is -0.465 e. The Morgan fingerprint density at radius 2 is 1.72 bits per heavy atom. The molecule has 0 amide bonds. The lowest BCUT2D eigenvalue weighted by atomic mass is 10.2. The van der Waals surface area contributed by atoms with Crippen LogP contribution in [0, 0.1) is 0 Å². The predicted molar refractivity (Wildman–Crippen MR) is 65.1 cm³/mol. The number of carbonyl (C=O) groups is 2. The van der Waals surface area contributed by atoms with Crippen molar-refractivity contribution in [2.75, 3.05) is 12.4 Å². The molecule has 0 atom stereocenters. The van der Waals surface area contributed by atoms with Gasteiger partial charge in [-0.3, -0.25) is 9.59 Å². The highest BCUT2D eigenvalue weighted by Crippen LogP contribution is 2.13. The number of rotatable bonds is 5. The van der Waals surface area contributed by atoms with Gasteiger partial charge in [-0.15, -0.1) is 0 Å². The molecule has 0 aliphatic heterocycles. The van der Waals surface area contributed by atoms with Crippen molar-refractivity contribution in [1.29, 1.82) is 0 Å². The fraction of sp³-hybridized carbons (Fsp3) is 0.333. The Bertz CT molecular complexity index is 542. The first-order valence-electron chi connectivity index (χ1n) is 5.36. The summed E-state index contributed by atoms with van der Waals surface area (Å²) in [7, 11) is -3.71. The van der Waals surface area contributed by atoms with E-state index in [-0.39, 0.29) is 17.3 Å². The molecule has 0 N–H and O–H groups in total. The first-order chi connectivity index (χ1) is 8.36. The van der Waals surface area contributed by atoms with Gasteiger partial charge in [-0.05, 0) is 26.0 Å². The summed E-state index contributed by atoms with van der Waals surface area (Å²) in [6, 6.07) is 5.46. The summed E-state index contributed by atoms with van der Waals surface area (Å²) in [5.74, 6) is -1.63. The van der Waals surface area contributed by atoms with Crippen molar-refractivity contribution >= 4 is 21.6 Å². The Balaban J connectivity index is 2.92. The lowest BCUT2D eigenvalue weighted by Crippen LogP contribution is -2.18. The molecule has 0 saturated heterocycles. The van der Waals surface area contributed by atoms with Crippen LogP contribution >= 0.6 is 0 Å². The number of hydrogen-bond acceptors (Lipinski definition) is 5. The smallest absolute Gasteiger partial charge is 0.321 e. The first kappa shape index (κ1) is 14.4. The fourth-order valence-corrected chi connectivity index (χ4v) is 2.45. The number of sulfone groups is 1. The second kappa shape index (κ2) is 5.77. The summed E-state index contributed by atoms with van der Waals surface area (Å²) in [4.78, 5) is 22.2. The van der Waals surface area contributed by atoms with Crippen LogP contribution in [0.25, 0.3) is 0 Å². The van der Waals surface area contributed by atoms with Gasteiger partial charge in [0, 0.05) is 5.56 Å². The molecule has 0 unspecified atom stereocenters. The van der Waals surface area contributed by atoms with Crippen molar-refractivity contribution in [2.24, 2.45) is 0 Å². The minimum absolute atomic E-state index is 0.000512. The van der Waals surface area contributed by atoms with E-state index in [9.17, 15) is 18.0 Å². The number of esters is 1. The standard InChI is InChI=1S/C12H14O5S/c1-3-17-12(14)8-18(15,16)11-6-4-10(5-7-11)9(2)13/h4-7H,3,8H2,1-2H3. The van der Waals surface area contributed by atoms with E-state index < -0.39 is 21.6 Å². The number of hydrogen-bond donors (Lipinski definition) is 0. The van der Waals surface area contributed by atoms with E-state index in [4.69, 9.17) is 0 Å². The van der Waals surface area contributed by atoms with Crippen LogP contribution in [0.2, 0.25) is 0 Å². The molecule has 6 heteroatoms. The van der Waals surface area contributed by atoms with Gasteiger partial charge in [-0.2, -0.15) is 0 Å². The van der Waals surface area contributed by atoms with Gasteiger partial charge in [0.05, 0.1) is 11.5 Å². The van der Waals surface area contributed by atoms with Crippen molar-refractivity contribution in [3.8, 4) is 0 Å². The van der Waals surface area contributed by atoms with Crippen LogP contribution in [0.5, 0.6) is 0 Å². The highest BCUT2D eigenvalue weighted by Gasteiger charge is 2.20. The Kier molecular flexibility index (Phi) is 4.61. The predicted octanol–water partition coefficient (Wildman–Crippen LogP) is 1.23. The van der Waals surface area contributed by atoms with Crippen molar-refractivity contribution < 1.29 is 22.7 Å². The molecule has 0 spiro atoms. The van der Waals surface area contributed by atoms with Crippen LogP contribution in [-0.4, -0.2) is 32.5 Å². The third-order valence-electron chi connectivity index (χ3n) is 2.23. The van der Waals surface area contributed by atoms with Gasteiger partial charge >= 0.3 is 5.97 Å². The lowest BCUT2D eigenvalue weighted by Gasteiger charge is -2.04. The van der Waals surface area contributed by atoms with E-state index in [1.807, 2.05) is 0 Å². The van der Waals surface area contributed by atoms with Gasteiger partial charge in [0.25, 0.3) is 0 Å². The molecule has 0 fully saturated rings. The molecule has 1 rings (SSSR count). The zero-order valence-electron chi connectivity index (χ0n) is 10.2. The van der Waals surface area contributed by atoms with E-state index in [0.29, 0.717) is 5.56 Å². The summed E-state index contributed by atoms with van der Waals surface area (Å²) in [6.45, 7) is 3.13. The van der Waals surface area contributed by atoms with E-state index in [1.165, 1.54) is 31.2 Å². The lowest BCUT2D eigenvalue weighted by molar-refractivity contribution is -0.139. The number of Topliss-reactive ketones (excluding diaryl/α,β-unsaturated/α-hetero) is 1. The van der Waals surface area contributed by atoms with Crippen LogP contribution in [0.4, 0.5) is 0 Å². The van der Waals surface area contributed by atoms with E-state index in [0.717, 1.165) is 0 Å². The highest BCUT2D eigenvalue weighted by atomic mass is 32.2. The van der Waals surface area contributed by atoms with Crippen molar-refractivity contribution in [3.63, 3.8) is 0 Å². The zero-order chi connectivity index (χ0) is 13.8. The second-order valence-electron chi connectivity index (χ2n) is 3.64. The summed E-state index contributed by atoms with van der Waals surface area (Å²) >= 11 is 0. The van der Waals surface area contributed by atoms with Crippen molar-refractivity contribution in [2.45, 2.75) is 18.7 Å². The topological polar surface area (TPSA) is 77.5 Å². The number of benzene rings is 1. The Labute approximate surface area is 106 Å². The van der Waals surface area contributed by atoms with Gasteiger partial charge in [-0.1, -0.05) is 12.1 Å². The maximum atomic E-state index is 11.8. The fourth-order valence-electron chi connectivity index (χ4n) is 1.34. The van der Waals surface area contributed by atoms with Gasteiger partial charge in [0.1, 0.15) is 0 Å². The normalized spacial score (nSPS) is 11.0. The molecule has 0 saturated carbocycles. The third kappa shape index (κ3) is 3.66. The molecule has 1 aromatic carbocycles. The van der Waals surface area contributed by atoms with E-state index in [1.54, 1.807) is 6.92 Å². The quantitative estimate of drug-likeness (QED) is 0.594. The molecule has 18 heavy (non-hydrogen) atoms. The van der Waals surface area contributed by atoms with Crippen LogP contribution < -0.4 is 0 Å². The summed E-state index contributed by atoms with van der Waals surface area (Å²) in [5.41, 5.74) is 0.421. The van der Waals surface area contributed by atoms with Crippen LogP contribution in [0.15, 0.2) is 29.2 Å². The molecule has 0 aliphatic carbocycles. The molecule has 0 aliphatic rings. The van der Waals surface area contributed by atoms with Crippen molar-refractivity contribution in [1.82, 2.24) is 0 Å². The molecule has 0 aromatic heterocycles. The Hall–Kier alpha value is -1.69. The average molecular weight is 270 g/mol. The molecule has 1 aromatic rings. The Morgan fingerprint density at radius 1 is 1.17 bits per heavy atom. The monoisotopic (exact) mass is 270 g/mol. The number of ether oxygens (including phenoxy) is 1. The first-order valence-corrected chi connectivity index (χ1v) is 7.01. The maximum absolute atomic E-state index is 11.8. The van der Waals surface area contributed by atoms with E-state index >= 15 is 0 Å². The van der Waals surface area contributed by atoms with Gasteiger partial charge < -0.3 is 4.74 Å². The second-order valence-corrected chi connectivity index (χ2v) is 5.63. The molecule has 98 valence electrons. The minimum atomic E-state index is -3.71. The summed E-state index contributed by atoms with van der Waals surface area (Å²) in [5, 5.41) is 0. The van der Waals surface area contributed by atoms with Gasteiger partial charge in [0.2, 0.25) is 0 Å². The number of carbonyl (C=O) groups excluding carboxylic acids is 2. The molecule has 0 radical (unpaired) electrons. The zero-order valence-corrected chi connectivity index (χ0v) is 11.0. The summed E-state index contributed by atoms with van der Waals surface area (Å²) in [6.07, 6.45) is 0. The average Bonchev–Trinajstić information content (AvgIpc) is 2.28. The molecular weight excluding hydrogens is 256 g/mol. The van der Waals surface area contributed by atoms with Crippen molar-refractivity contribution in [3.05, 3.63) is 29.8 Å². The van der Waals surface area contributed by atoms with Gasteiger partial charge in [0.15, 0.2) is 21.4 Å². The largest absolute Gasteiger partial charge is 0.465 e. The third-order valence-corrected chi connectivity index (χ3v) is 3.84. The molecule has 5 nitrogen and oxygen atoms in total. The van der Waals surface area contributed by atoms with Gasteiger partial charge in [-0.25, -0.2) is 8.42 Å². The number of ketones is 1. The SMILES string of the molecule is CCOC(=O)CS(=O)(=O)c1ccc(C(C)=O)cc1. The van der Waals surface area contributed by atoms with Crippen LogP contribution in [0.1, 0.15) is 24.2 Å². The maximum Gasteiger partial charge on any atom is 0.321 e.